The van der Waals surface area contributed by atoms with Gasteiger partial charge in [0.25, 0.3) is 0 Å². The second-order valence-electron chi connectivity index (χ2n) is 4.15. The molecule has 90 valence electrons. The number of phenolic OH excluding ortho intramolecular Hbond substituents is 2. The van der Waals surface area contributed by atoms with Crippen LogP contribution in [0.4, 0.5) is 0 Å². The Morgan fingerprint density at radius 3 is 2.50 bits per heavy atom. The van der Waals surface area contributed by atoms with Crippen LogP contribution in [0.1, 0.15) is 31.9 Å². The van der Waals surface area contributed by atoms with Crippen LogP contribution in [-0.4, -0.2) is 21.4 Å². The molecule has 1 unspecified atom stereocenters. The summed E-state index contributed by atoms with van der Waals surface area (Å²) >= 11 is 0. The molecule has 0 amide bonds. The number of nitrogens with two attached hydrogens (primary N) is 1. The van der Waals surface area contributed by atoms with Crippen LogP contribution in [-0.2, 0) is 0 Å². The molecule has 4 nitrogen and oxygen atoms in total. The summed E-state index contributed by atoms with van der Waals surface area (Å²) in [4.78, 5) is 0. The quantitative estimate of drug-likeness (QED) is 0.585. The van der Waals surface area contributed by atoms with E-state index in [0.29, 0.717) is 5.56 Å². The third-order valence-corrected chi connectivity index (χ3v) is 2.97. The van der Waals surface area contributed by atoms with Gasteiger partial charge in [-0.25, -0.2) is 0 Å². The largest absolute Gasteiger partial charge is 0.508 e. The highest BCUT2D eigenvalue weighted by atomic mass is 16.3. The molecule has 4 heteroatoms. The van der Waals surface area contributed by atoms with E-state index >= 15 is 0 Å². The summed E-state index contributed by atoms with van der Waals surface area (Å²) in [5, 5.41) is 28.9. The summed E-state index contributed by atoms with van der Waals surface area (Å²) in [6.45, 7) is 3.85. The van der Waals surface area contributed by atoms with Gasteiger partial charge in [0.05, 0.1) is 12.1 Å². The molecule has 0 aliphatic carbocycles. The predicted octanol–water partition coefficient (Wildman–Crippen LogP) is 1.50. The Balaban J connectivity index is 2.95. The smallest absolute Gasteiger partial charge is 0.120 e. The molecule has 0 radical (unpaired) electrons. The van der Waals surface area contributed by atoms with E-state index in [1.165, 1.54) is 18.2 Å². The van der Waals surface area contributed by atoms with Gasteiger partial charge in [0, 0.05) is 5.56 Å². The molecule has 0 fully saturated rings. The minimum atomic E-state index is -0.738. The summed E-state index contributed by atoms with van der Waals surface area (Å²) < 4.78 is 0. The zero-order chi connectivity index (χ0) is 12.3. The lowest BCUT2D eigenvalue weighted by atomic mass is 9.91. The molecule has 1 rings (SSSR count). The van der Waals surface area contributed by atoms with Gasteiger partial charge in [0.1, 0.15) is 11.5 Å². The van der Waals surface area contributed by atoms with Crippen LogP contribution in [0.5, 0.6) is 11.5 Å². The first-order valence-corrected chi connectivity index (χ1v) is 5.42. The van der Waals surface area contributed by atoms with Crippen molar-refractivity contribution in [3.63, 3.8) is 0 Å². The fourth-order valence-corrected chi connectivity index (χ4v) is 1.59. The van der Waals surface area contributed by atoms with E-state index in [4.69, 9.17) is 5.73 Å². The van der Waals surface area contributed by atoms with Gasteiger partial charge >= 0.3 is 0 Å². The minimum absolute atomic E-state index is 0.00680. The van der Waals surface area contributed by atoms with Crippen LogP contribution in [0.3, 0.4) is 0 Å². The molecule has 0 aliphatic rings. The Hall–Kier alpha value is -1.26. The van der Waals surface area contributed by atoms with Crippen molar-refractivity contribution in [3.8, 4) is 11.5 Å². The van der Waals surface area contributed by atoms with E-state index in [-0.39, 0.29) is 17.4 Å². The van der Waals surface area contributed by atoms with E-state index in [2.05, 4.69) is 0 Å². The van der Waals surface area contributed by atoms with Crippen LogP contribution in [0.15, 0.2) is 18.2 Å². The molecule has 5 N–H and O–H groups in total. The molecular weight excluding hydrogens is 206 g/mol. The van der Waals surface area contributed by atoms with Crippen molar-refractivity contribution in [3.05, 3.63) is 23.8 Å². The molecule has 0 saturated heterocycles. The standard InChI is InChI=1S/C12H19NO3/c1-3-7(2)12(16)11(13)9-6-8(14)4-5-10(9)15/h4-7,11-12,14-16H,3,13H2,1-2H3/t7?,11-,12+/m0/s1. The van der Waals surface area contributed by atoms with Crippen LogP contribution in [0.2, 0.25) is 0 Å². The van der Waals surface area contributed by atoms with Gasteiger partial charge in [0.2, 0.25) is 0 Å². The van der Waals surface area contributed by atoms with E-state index in [0.717, 1.165) is 6.42 Å². The lowest BCUT2D eigenvalue weighted by molar-refractivity contribution is 0.0870. The van der Waals surface area contributed by atoms with Crippen LogP contribution in [0, 0.1) is 5.92 Å². The molecular formula is C12H19NO3. The number of phenols is 2. The molecule has 0 spiro atoms. The highest BCUT2D eigenvalue weighted by Crippen LogP contribution is 2.30. The maximum atomic E-state index is 9.94. The van der Waals surface area contributed by atoms with Gasteiger partial charge in [-0.15, -0.1) is 0 Å². The van der Waals surface area contributed by atoms with Gasteiger partial charge < -0.3 is 21.1 Å². The summed E-state index contributed by atoms with van der Waals surface area (Å²) in [6.07, 6.45) is 0.0618. The summed E-state index contributed by atoms with van der Waals surface area (Å²) in [6, 6.07) is 3.43. The van der Waals surface area contributed by atoms with E-state index in [9.17, 15) is 15.3 Å². The van der Waals surface area contributed by atoms with E-state index in [1.54, 1.807) is 0 Å². The van der Waals surface area contributed by atoms with Crippen molar-refractivity contribution in [1.29, 1.82) is 0 Å². The lowest BCUT2D eigenvalue weighted by Crippen LogP contribution is -2.31. The number of aromatic hydroxyl groups is 2. The molecule has 0 heterocycles. The first-order chi connectivity index (χ1) is 7.47. The summed E-state index contributed by atoms with van der Waals surface area (Å²) in [5.74, 6) is 0.0593. The molecule has 3 atom stereocenters. The van der Waals surface area contributed by atoms with Crippen LogP contribution >= 0.6 is 0 Å². The first kappa shape index (κ1) is 12.8. The van der Waals surface area contributed by atoms with Crippen LogP contribution < -0.4 is 5.73 Å². The van der Waals surface area contributed by atoms with Gasteiger partial charge in [-0.05, 0) is 24.1 Å². The average Bonchev–Trinajstić information content (AvgIpc) is 2.29. The number of aliphatic hydroxyl groups excluding tert-OH is 1. The Labute approximate surface area is 95.3 Å². The summed E-state index contributed by atoms with van der Waals surface area (Å²) in [5.41, 5.74) is 6.23. The topological polar surface area (TPSA) is 86.7 Å². The Kier molecular flexibility index (Phi) is 4.15. The molecule has 16 heavy (non-hydrogen) atoms. The Morgan fingerprint density at radius 1 is 1.31 bits per heavy atom. The third kappa shape index (κ3) is 2.65. The predicted molar refractivity (Wildman–Crippen MR) is 62.2 cm³/mol. The SMILES string of the molecule is CCC(C)[C@@H](O)[C@@H](N)c1cc(O)ccc1O. The van der Waals surface area contributed by atoms with Crippen molar-refractivity contribution in [2.45, 2.75) is 32.4 Å². The van der Waals surface area contributed by atoms with Crippen molar-refractivity contribution in [1.82, 2.24) is 0 Å². The van der Waals surface area contributed by atoms with Crippen molar-refractivity contribution >= 4 is 0 Å². The van der Waals surface area contributed by atoms with Gasteiger partial charge in [-0.3, -0.25) is 0 Å². The number of hydrogen-bond donors (Lipinski definition) is 4. The van der Waals surface area contributed by atoms with E-state index < -0.39 is 12.1 Å². The zero-order valence-electron chi connectivity index (χ0n) is 9.59. The Bertz CT molecular complexity index is 354. The van der Waals surface area contributed by atoms with Crippen LogP contribution in [0.25, 0.3) is 0 Å². The number of hydrogen-bond acceptors (Lipinski definition) is 4. The lowest BCUT2D eigenvalue weighted by Gasteiger charge is -2.24. The second kappa shape index (κ2) is 5.18. The Morgan fingerprint density at radius 2 is 1.94 bits per heavy atom. The highest BCUT2D eigenvalue weighted by molar-refractivity contribution is 5.41. The highest BCUT2D eigenvalue weighted by Gasteiger charge is 2.24. The third-order valence-electron chi connectivity index (χ3n) is 2.97. The van der Waals surface area contributed by atoms with Crippen molar-refractivity contribution in [2.75, 3.05) is 0 Å². The molecule has 0 bridgehead atoms. The molecule has 1 aromatic rings. The van der Waals surface area contributed by atoms with E-state index in [1.807, 2.05) is 13.8 Å². The summed E-state index contributed by atoms with van der Waals surface area (Å²) in [7, 11) is 0. The molecule has 1 aromatic carbocycles. The normalized spacial score (nSPS) is 16.8. The first-order valence-electron chi connectivity index (χ1n) is 5.42. The van der Waals surface area contributed by atoms with Gasteiger partial charge in [-0.1, -0.05) is 20.3 Å². The monoisotopic (exact) mass is 225 g/mol. The zero-order valence-corrected chi connectivity index (χ0v) is 9.59. The van der Waals surface area contributed by atoms with Gasteiger partial charge in [0.15, 0.2) is 0 Å². The maximum absolute atomic E-state index is 9.94. The second-order valence-corrected chi connectivity index (χ2v) is 4.15. The fraction of sp³-hybridized carbons (Fsp3) is 0.500. The minimum Gasteiger partial charge on any atom is -0.508 e. The fourth-order valence-electron chi connectivity index (χ4n) is 1.59. The van der Waals surface area contributed by atoms with Crippen molar-refractivity contribution in [2.24, 2.45) is 11.7 Å². The number of benzene rings is 1. The molecule has 0 aromatic heterocycles. The molecule has 0 aliphatic heterocycles. The van der Waals surface area contributed by atoms with Crippen molar-refractivity contribution < 1.29 is 15.3 Å². The molecule has 0 saturated carbocycles. The average molecular weight is 225 g/mol. The maximum Gasteiger partial charge on any atom is 0.120 e. The number of aliphatic hydroxyl groups is 1. The number of rotatable bonds is 4. The van der Waals surface area contributed by atoms with Gasteiger partial charge in [-0.2, -0.15) is 0 Å².